The highest BCUT2D eigenvalue weighted by Crippen LogP contribution is 2.50. The zero-order valence-corrected chi connectivity index (χ0v) is 6.97. The summed E-state index contributed by atoms with van der Waals surface area (Å²) in [6.45, 7) is 0. The first-order valence-corrected chi connectivity index (χ1v) is 3.24. The summed E-state index contributed by atoms with van der Waals surface area (Å²) in [7, 11) is 0.166. The van der Waals surface area contributed by atoms with Crippen molar-refractivity contribution in [2.75, 3.05) is 7.05 Å². The normalized spacial score (nSPS) is 15.6. The van der Waals surface area contributed by atoms with Crippen LogP contribution in [0.3, 0.4) is 0 Å². The molecule has 0 aliphatic heterocycles. The van der Waals surface area contributed by atoms with Crippen LogP contribution < -0.4 is 5.32 Å². The largest absolute Gasteiger partial charge is 0.423 e. The van der Waals surface area contributed by atoms with Crippen LogP contribution >= 0.6 is 0 Å². The minimum Gasteiger partial charge on any atom is -0.331 e. The summed E-state index contributed by atoms with van der Waals surface area (Å²) < 4.78 is 96.4. The van der Waals surface area contributed by atoms with Gasteiger partial charge in [-0.25, -0.2) is 0 Å². The van der Waals surface area contributed by atoms with Crippen molar-refractivity contribution in [3.05, 3.63) is 0 Å². The molecule has 0 atom stereocenters. The molecular formula is C5H5F8NO. The fourth-order valence-electron chi connectivity index (χ4n) is 0.543. The lowest BCUT2D eigenvalue weighted by atomic mass is 10.1. The van der Waals surface area contributed by atoms with E-state index in [1.165, 1.54) is 0 Å². The molecule has 2 N–H and O–H groups in total. The monoisotopic (exact) mass is 247 g/mol. The van der Waals surface area contributed by atoms with E-state index in [0.717, 1.165) is 0 Å². The van der Waals surface area contributed by atoms with Crippen LogP contribution in [0.5, 0.6) is 0 Å². The van der Waals surface area contributed by atoms with E-state index in [4.69, 9.17) is 5.11 Å². The van der Waals surface area contributed by atoms with Gasteiger partial charge in [-0.2, -0.15) is 35.1 Å². The van der Waals surface area contributed by atoms with Crippen LogP contribution in [0.25, 0.3) is 0 Å². The average molecular weight is 247 g/mol. The fourth-order valence-corrected chi connectivity index (χ4v) is 0.543. The number of hydrogen-bond acceptors (Lipinski definition) is 2. The number of hydrogen-bond donors (Lipinski definition) is 2. The van der Waals surface area contributed by atoms with Gasteiger partial charge in [0.15, 0.2) is 0 Å². The van der Waals surface area contributed by atoms with Crippen molar-refractivity contribution in [3.8, 4) is 0 Å². The quantitative estimate of drug-likeness (QED) is 0.584. The Morgan fingerprint density at radius 3 is 1.33 bits per heavy atom. The minimum absolute atomic E-state index is 0.166. The lowest BCUT2D eigenvalue weighted by Crippen LogP contribution is -2.65. The number of nitrogens with one attached hydrogen (secondary N) is 1. The first-order chi connectivity index (χ1) is 6.31. The standard InChI is InChI=1S/C5H5F8NO/c1-14-4(10,11)2(6,7)3(8,9)5(12,13)15/h14-15H,1H3. The van der Waals surface area contributed by atoms with Gasteiger partial charge in [-0.3, -0.25) is 5.32 Å². The Hall–Kier alpha value is -0.640. The molecule has 0 saturated carbocycles. The summed E-state index contributed by atoms with van der Waals surface area (Å²) in [5, 5.41) is 7.87. The third-order valence-electron chi connectivity index (χ3n) is 1.48. The lowest BCUT2D eigenvalue weighted by molar-refractivity contribution is -0.420. The molecule has 0 aliphatic rings. The summed E-state index contributed by atoms with van der Waals surface area (Å²) >= 11 is 0. The van der Waals surface area contributed by atoms with Crippen molar-refractivity contribution in [1.82, 2.24) is 5.32 Å². The molecule has 0 aromatic heterocycles. The van der Waals surface area contributed by atoms with Gasteiger partial charge < -0.3 is 5.11 Å². The molecule has 0 radical (unpaired) electrons. The maximum absolute atomic E-state index is 12.3. The minimum atomic E-state index is -6.60. The van der Waals surface area contributed by atoms with E-state index in [0.29, 0.717) is 5.32 Å². The molecular weight excluding hydrogens is 242 g/mol. The number of rotatable bonds is 4. The fraction of sp³-hybridized carbons (Fsp3) is 1.00. The van der Waals surface area contributed by atoms with Crippen molar-refractivity contribution >= 4 is 0 Å². The molecule has 2 nitrogen and oxygen atoms in total. The summed E-state index contributed by atoms with van der Waals surface area (Å²) in [6.07, 6.45) is -6.27. The van der Waals surface area contributed by atoms with E-state index in [-0.39, 0.29) is 7.05 Å². The predicted octanol–water partition coefficient (Wildman–Crippen LogP) is 1.65. The first-order valence-electron chi connectivity index (χ1n) is 3.24. The van der Waals surface area contributed by atoms with Gasteiger partial charge in [-0.1, -0.05) is 0 Å². The Morgan fingerprint density at radius 2 is 1.13 bits per heavy atom. The van der Waals surface area contributed by atoms with Gasteiger partial charge in [0.1, 0.15) is 0 Å². The Bertz CT molecular complexity index is 234. The average Bonchev–Trinajstić information content (AvgIpc) is 2.01. The van der Waals surface area contributed by atoms with Crippen LogP contribution in [0.15, 0.2) is 0 Å². The second-order valence-electron chi connectivity index (χ2n) is 2.51. The number of aliphatic hydroxyl groups is 1. The molecule has 0 heterocycles. The SMILES string of the molecule is CNC(F)(F)C(F)(F)C(F)(F)C(O)(F)F. The lowest BCUT2D eigenvalue weighted by Gasteiger charge is -2.33. The highest BCUT2D eigenvalue weighted by Gasteiger charge is 2.80. The van der Waals surface area contributed by atoms with E-state index in [9.17, 15) is 35.1 Å². The number of halogens is 8. The second-order valence-corrected chi connectivity index (χ2v) is 2.51. The zero-order chi connectivity index (χ0) is 12.7. The van der Waals surface area contributed by atoms with Gasteiger partial charge >= 0.3 is 24.0 Å². The van der Waals surface area contributed by atoms with Crippen molar-refractivity contribution in [3.63, 3.8) is 0 Å². The van der Waals surface area contributed by atoms with Gasteiger partial charge in [0.25, 0.3) is 0 Å². The molecule has 0 saturated heterocycles. The third kappa shape index (κ3) is 2.00. The topological polar surface area (TPSA) is 32.3 Å². The van der Waals surface area contributed by atoms with E-state index in [1.54, 1.807) is 0 Å². The van der Waals surface area contributed by atoms with E-state index in [1.807, 2.05) is 0 Å². The summed E-state index contributed by atoms with van der Waals surface area (Å²) in [6, 6.07) is -5.59. The Kier molecular flexibility index (Phi) is 3.29. The number of alkyl halides is 8. The molecule has 10 heteroatoms. The molecule has 15 heavy (non-hydrogen) atoms. The van der Waals surface area contributed by atoms with E-state index < -0.39 is 24.0 Å². The van der Waals surface area contributed by atoms with Crippen molar-refractivity contribution in [1.29, 1.82) is 0 Å². The first kappa shape index (κ1) is 14.4. The zero-order valence-electron chi connectivity index (χ0n) is 6.97. The molecule has 0 fully saturated rings. The molecule has 0 spiro atoms. The Balaban J connectivity index is 5.38. The molecule has 0 unspecified atom stereocenters. The molecule has 0 amide bonds. The Morgan fingerprint density at radius 1 is 0.800 bits per heavy atom. The molecule has 0 aliphatic carbocycles. The van der Waals surface area contributed by atoms with E-state index in [2.05, 4.69) is 0 Å². The van der Waals surface area contributed by atoms with Crippen molar-refractivity contribution in [2.24, 2.45) is 0 Å². The van der Waals surface area contributed by atoms with Gasteiger partial charge in [-0.15, -0.1) is 0 Å². The van der Waals surface area contributed by atoms with Crippen LogP contribution in [-0.4, -0.2) is 36.2 Å². The highest BCUT2D eigenvalue weighted by molar-refractivity contribution is 4.98. The van der Waals surface area contributed by atoms with Gasteiger partial charge in [0.2, 0.25) is 0 Å². The maximum atomic E-state index is 12.3. The molecule has 0 rings (SSSR count). The van der Waals surface area contributed by atoms with E-state index >= 15 is 0 Å². The van der Waals surface area contributed by atoms with Crippen LogP contribution in [0.4, 0.5) is 35.1 Å². The van der Waals surface area contributed by atoms with Crippen molar-refractivity contribution in [2.45, 2.75) is 24.0 Å². The Labute approximate surface area is 77.9 Å². The summed E-state index contributed by atoms with van der Waals surface area (Å²) in [5.74, 6) is -13.1. The van der Waals surface area contributed by atoms with Gasteiger partial charge in [0, 0.05) is 0 Å². The van der Waals surface area contributed by atoms with Crippen LogP contribution in [0.1, 0.15) is 0 Å². The molecule has 0 aromatic rings. The molecule has 0 bridgehead atoms. The van der Waals surface area contributed by atoms with Crippen LogP contribution in [-0.2, 0) is 0 Å². The summed E-state index contributed by atoms with van der Waals surface area (Å²) in [5.41, 5.74) is 0. The molecule has 0 aromatic carbocycles. The maximum Gasteiger partial charge on any atom is 0.423 e. The van der Waals surface area contributed by atoms with Crippen molar-refractivity contribution < 1.29 is 40.2 Å². The smallest absolute Gasteiger partial charge is 0.331 e. The van der Waals surface area contributed by atoms with Gasteiger partial charge in [0.05, 0.1) is 0 Å². The molecule has 92 valence electrons. The third-order valence-corrected chi connectivity index (χ3v) is 1.48. The van der Waals surface area contributed by atoms with Crippen LogP contribution in [0, 0.1) is 0 Å². The van der Waals surface area contributed by atoms with Gasteiger partial charge in [-0.05, 0) is 7.05 Å². The van der Waals surface area contributed by atoms with Crippen LogP contribution in [0.2, 0.25) is 0 Å². The summed E-state index contributed by atoms with van der Waals surface area (Å²) in [4.78, 5) is 0. The predicted molar refractivity (Wildman–Crippen MR) is 31.1 cm³/mol. The second kappa shape index (κ2) is 3.44. The highest BCUT2D eigenvalue weighted by atomic mass is 19.4.